The van der Waals surface area contributed by atoms with Crippen LogP contribution in [-0.2, 0) is 18.9 Å². The van der Waals surface area contributed by atoms with Crippen molar-refractivity contribution in [3.8, 4) is 5.75 Å². The maximum Gasteiger partial charge on any atom is 0.234 e. The van der Waals surface area contributed by atoms with Gasteiger partial charge in [-0.15, -0.1) is 0 Å². The van der Waals surface area contributed by atoms with Gasteiger partial charge in [0.25, 0.3) is 0 Å². The lowest BCUT2D eigenvalue weighted by Crippen LogP contribution is -2.56. The second kappa shape index (κ2) is 20.0. The van der Waals surface area contributed by atoms with Crippen LogP contribution in [0.15, 0.2) is 59.2 Å². The quantitative estimate of drug-likeness (QED) is 0.0851. The highest BCUT2D eigenvalue weighted by Gasteiger charge is 2.46. The Labute approximate surface area is 427 Å². The van der Waals surface area contributed by atoms with Gasteiger partial charge in [-0.25, -0.2) is 13.8 Å². The number of hydrogen-bond acceptors (Lipinski definition) is 13. The SMILES string of the molecule is COc1cc(N2CCC(N3CCN(C(=O)[C@H]4CN(c5cc(F)c(C6CCC(=O)NC6=O)c(F)c5)CC4(C)C)CC3)CC2)c(C)cc1Nc1ncc(Br)c(Nc2ccc3nc(C)ccc3c2P2(=O)CCCC2)n1. The maximum absolute atomic E-state index is 15.5. The van der Waals surface area contributed by atoms with Gasteiger partial charge in [0.05, 0.1) is 40.3 Å². The topological polar surface area (TPSA) is 165 Å². The van der Waals surface area contributed by atoms with Crippen LogP contribution in [0.4, 0.5) is 43.3 Å². The fourth-order valence-corrected chi connectivity index (χ4v) is 15.4. The summed E-state index contributed by atoms with van der Waals surface area (Å²) in [4.78, 5) is 61.2. The molecule has 2 aromatic heterocycles. The molecule has 5 saturated heterocycles. The number of ether oxygens (including phenoxy) is 1. The first-order valence-corrected chi connectivity index (χ1v) is 27.9. The van der Waals surface area contributed by atoms with Gasteiger partial charge in [-0.1, -0.05) is 19.9 Å². The summed E-state index contributed by atoms with van der Waals surface area (Å²) < 4.78 is 52.1. The van der Waals surface area contributed by atoms with E-state index in [2.05, 4.69) is 65.7 Å². The van der Waals surface area contributed by atoms with Crippen LogP contribution in [0.25, 0.3) is 10.9 Å². The molecule has 3 aromatic carbocycles. The number of nitrogens with one attached hydrogen (secondary N) is 3. The zero-order valence-corrected chi connectivity index (χ0v) is 44.0. The number of anilines is 6. The number of carbonyl (C=O) groups is 3. The summed E-state index contributed by atoms with van der Waals surface area (Å²) in [5.74, 6) is -2.59. The normalized spacial score (nSPS) is 21.6. The van der Waals surface area contributed by atoms with Gasteiger partial charge in [-0.05, 0) is 109 Å². The van der Waals surface area contributed by atoms with Gasteiger partial charge in [0.15, 0.2) is 0 Å². The molecule has 1 unspecified atom stereocenters. The molecular weight excluding hydrogens is 1010 g/mol. The minimum Gasteiger partial charge on any atom is -0.494 e. The lowest BCUT2D eigenvalue weighted by molar-refractivity contribution is -0.140. The van der Waals surface area contributed by atoms with Crippen molar-refractivity contribution >= 4 is 91.5 Å². The Morgan fingerprint density at radius 1 is 0.889 bits per heavy atom. The summed E-state index contributed by atoms with van der Waals surface area (Å²) in [5.41, 5.74) is 4.98. The molecule has 0 spiro atoms. The fraction of sp³-hybridized carbons (Fsp3) is 0.472. The van der Waals surface area contributed by atoms with Crippen LogP contribution in [0, 0.1) is 36.8 Å². The summed E-state index contributed by atoms with van der Waals surface area (Å²) in [7, 11) is -0.996. The predicted molar refractivity (Wildman–Crippen MR) is 281 cm³/mol. The molecule has 380 valence electrons. The third-order valence-corrected chi connectivity index (χ3v) is 19.6. The number of hydrogen-bond donors (Lipinski definition) is 3. The van der Waals surface area contributed by atoms with Crippen LogP contribution in [-0.4, -0.2) is 120 Å². The van der Waals surface area contributed by atoms with E-state index in [0.29, 0.717) is 72.2 Å². The monoisotopic (exact) mass is 1070 g/mol. The van der Waals surface area contributed by atoms with Gasteiger partial charge < -0.3 is 34.6 Å². The van der Waals surface area contributed by atoms with Crippen LogP contribution in [0.1, 0.15) is 75.1 Å². The Hall–Kier alpha value is -5.71. The largest absolute Gasteiger partial charge is 0.494 e. The number of rotatable bonds is 11. The first-order valence-electron chi connectivity index (χ1n) is 25.1. The summed E-state index contributed by atoms with van der Waals surface area (Å²) in [5, 5.41) is 10.8. The summed E-state index contributed by atoms with van der Waals surface area (Å²) in [6.07, 6.45) is 6.96. The Balaban J connectivity index is 0.750. The average Bonchev–Trinajstić information content (AvgIpc) is 3.95. The molecular formula is C53H62BrF2N10O5P. The smallest absolute Gasteiger partial charge is 0.234 e. The Bertz CT molecular complexity index is 2980. The van der Waals surface area contributed by atoms with Crippen molar-refractivity contribution < 1.29 is 32.5 Å². The molecule has 10 rings (SSSR count). The van der Waals surface area contributed by atoms with Crippen molar-refractivity contribution in [3.05, 3.63) is 87.7 Å². The highest BCUT2D eigenvalue weighted by Crippen LogP contribution is 2.54. The molecule has 0 radical (unpaired) electrons. The van der Waals surface area contributed by atoms with E-state index in [4.69, 9.17) is 14.7 Å². The number of aromatic nitrogens is 3. The first-order chi connectivity index (χ1) is 34.5. The van der Waals surface area contributed by atoms with E-state index in [1.54, 1.807) is 13.3 Å². The van der Waals surface area contributed by atoms with E-state index in [1.807, 2.05) is 54.8 Å². The number of imide groups is 1. The van der Waals surface area contributed by atoms with Crippen LogP contribution in [0.3, 0.4) is 0 Å². The fourth-order valence-electron chi connectivity index (χ4n) is 11.7. The number of methoxy groups -OCH3 is 1. The van der Waals surface area contributed by atoms with E-state index in [0.717, 1.165) is 96.4 Å². The van der Waals surface area contributed by atoms with E-state index in [9.17, 15) is 18.9 Å². The number of aryl methyl sites for hydroxylation is 2. The van der Waals surface area contributed by atoms with Gasteiger partial charge in [-0.3, -0.25) is 29.6 Å². The van der Waals surface area contributed by atoms with Crippen molar-refractivity contribution in [1.29, 1.82) is 0 Å². The van der Waals surface area contributed by atoms with Crippen molar-refractivity contribution in [1.82, 2.24) is 30.1 Å². The molecule has 0 bridgehead atoms. The van der Waals surface area contributed by atoms with Gasteiger partial charge in [0.1, 0.15) is 30.3 Å². The van der Waals surface area contributed by atoms with Crippen LogP contribution < -0.4 is 35.8 Å². The van der Waals surface area contributed by atoms with E-state index >= 15 is 8.78 Å². The summed E-state index contributed by atoms with van der Waals surface area (Å²) in [6.45, 7) is 13.4. The number of benzene rings is 3. The number of halogens is 3. The number of nitrogens with zero attached hydrogens (tertiary/aromatic N) is 7. The number of amides is 3. The molecule has 19 heteroatoms. The lowest BCUT2D eigenvalue weighted by atomic mass is 9.81. The van der Waals surface area contributed by atoms with Crippen LogP contribution in [0.2, 0.25) is 0 Å². The number of piperazine rings is 1. The Kier molecular flexibility index (Phi) is 13.8. The maximum atomic E-state index is 15.5. The standard InChI is InChI=1S/C53H62BrF2N10O5P/c1-31-24-43(60-52-57-28-38(54)49(62-52)59-42-12-11-41-35(9-8-32(2)58-41)48(42)72(70)22-6-7-23-72)45(71-5)27-44(31)64-16-14-33(15-17-64)63-18-20-65(21-19-63)51(69)37-29-66(30-53(37,3)4)34-25-39(55)47(40(56)26-34)36-10-13-46(67)61-50(36)68/h8-9,11-12,24-28,33,36-37H,6-7,10,13-23,29-30H2,1-5H3,(H,61,67,68)(H2,57,59,60,62)/t36?,37-/m1/s1. The number of fused-ring (bicyclic) bond motifs is 1. The van der Waals surface area contributed by atoms with Crippen LogP contribution >= 0.6 is 23.1 Å². The number of pyridine rings is 1. The Morgan fingerprint density at radius 2 is 1.61 bits per heavy atom. The van der Waals surface area contributed by atoms with Crippen LogP contribution in [0.5, 0.6) is 5.75 Å². The van der Waals surface area contributed by atoms with Gasteiger partial charge in [-0.2, -0.15) is 4.98 Å². The molecule has 5 fully saturated rings. The number of piperidine rings is 2. The zero-order valence-electron chi connectivity index (χ0n) is 41.5. The molecule has 15 nitrogen and oxygen atoms in total. The average molecular weight is 1070 g/mol. The summed E-state index contributed by atoms with van der Waals surface area (Å²) in [6, 6.07) is 15.0. The minimum absolute atomic E-state index is 0.0213. The molecule has 5 aliphatic heterocycles. The van der Waals surface area contributed by atoms with Gasteiger partial charge >= 0.3 is 0 Å². The van der Waals surface area contributed by atoms with Crippen molar-refractivity contribution in [2.75, 3.05) is 92.2 Å². The second-order valence-corrected chi connectivity index (χ2v) is 24.8. The van der Waals surface area contributed by atoms with Crippen molar-refractivity contribution in [2.45, 2.75) is 78.2 Å². The molecule has 2 atom stereocenters. The zero-order chi connectivity index (χ0) is 50.6. The lowest BCUT2D eigenvalue weighted by Gasteiger charge is -2.44. The summed E-state index contributed by atoms with van der Waals surface area (Å²) >= 11 is 3.65. The third-order valence-electron chi connectivity index (χ3n) is 15.6. The molecule has 0 aliphatic carbocycles. The highest BCUT2D eigenvalue weighted by molar-refractivity contribution is 9.10. The van der Waals surface area contributed by atoms with E-state index in [-0.39, 0.29) is 30.2 Å². The molecule has 3 amide bonds. The van der Waals surface area contributed by atoms with Gasteiger partial charge in [0, 0.05) is 123 Å². The Morgan fingerprint density at radius 3 is 2.31 bits per heavy atom. The molecule has 5 aromatic rings. The predicted octanol–water partition coefficient (Wildman–Crippen LogP) is 8.76. The van der Waals surface area contributed by atoms with Crippen molar-refractivity contribution in [2.24, 2.45) is 11.3 Å². The third kappa shape index (κ3) is 9.78. The molecule has 7 heterocycles. The molecule has 3 N–H and O–H groups in total. The molecule has 72 heavy (non-hydrogen) atoms. The van der Waals surface area contributed by atoms with Crippen molar-refractivity contribution in [3.63, 3.8) is 0 Å². The number of carbonyl (C=O) groups excluding carboxylic acids is 3. The second-order valence-electron chi connectivity index (χ2n) is 20.8. The minimum atomic E-state index is -2.65. The molecule has 5 aliphatic rings. The highest BCUT2D eigenvalue weighted by atomic mass is 79.9. The van der Waals surface area contributed by atoms with E-state index < -0.39 is 41.9 Å². The van der Waals surface area contributed by atoms with Gasteiger partial charge in [0.2, 0.25) is 23.7 Å². The molecule has 0 saturated carbocycles. The first kappa shape index (κ1) is 49.9. The van der Waals surface area contributed by atoms with E-state index in [1.165, 1.54) is 12.1 Å².